The highest BCUT2D eigenvalue weighted by Crippen LogP contribution is 2.22. The van der Waals surface area contributed by atoms with E-state index >= 15 is 0 Å². The fraction of sp³-hybridized carbons (Fsp3) is 1.00. The summed E-state index contributed by atoms with van der Waals surface area (Å²) in [7, 11) is 0. The van der Waals surface area contributed by atoms with E-state index in [2.05, 4.69) is 0 Å². The Morgan fingerprint density at radius 1 is 1.18 bits per heavy atom. The van der Waals surface area contributed by atoms with Crippen molar-refractivity contribution in [3.05, 3.63) is 0 Å². The molecule has 1 aliphatic heterocycles. The molecule has 22 heavy (non-hydrogen) atoms. The van der Waals surface area contributed by atoms with E-state index in [1.807, 2.05) is 0 Å². The number of hydrogen-bond acceptors (Lipinski definition) is 10. The number of ether oxygens (including phenoxy) is 2. The van der Waals surface area contributed by atoms with Crippen molar-refractivity contribution >= 4 is 0 Å². The summed E-state index contributed by atoms with van der Waals surface area (Å²) in [4.78, 5) is 0. The van der Waals surface area contributed by atoms with Gasteiger partial charge < -0.3 is 52.2 Å². The molecule has 9 atom stereocenters. The zero-order valence-electron chi connectivity index (χ0n) is 12.4. The third-order valence-electron chi connectivity index (χ3n) is 3.74. The average molecular weight is 325 g/mol. The number of hydrogen-bond donors (Lipinski definition) is 8. The zero-order valence-corrected chi connectivity index (χ0v) is 12.4. The van der Waals surface area contributed by atoms with Crippen LogP contribution in [0.5, 0.6) is 0 Å². The van der Waals surface area contributed by atoms with E-state index < -0.39 is 61.6 Å². The van der Waals surface area contributed by atoms with Gasteiger partial charge >= 0.3 is 0 Å². The third kappa shape index (κ3) is 4.32. The molecular formula is C12H27N3O7. The van der Waals surface area contributed by atoms with Gasteiger partial charge in [0.1, 0.15) is 30.5 Å². The fourth-order valence-electron chi connectivity index (χ4n) is 2.20. The van der Waals surface area contributed by atoms with Gasteiger partial charge in [-0.1, -0.05) is 0 Å². The molecule has 1 aliphatic rings. The summed E-state index contributed by atoms with van der Waals surface area (Å²) in [6.07, 6.45) is -8.79. The molecule has 1 fully saturated rings. The Labute approximate surface area is 128 Å². The van der Waals surface area contributed by atoms with Gasteiger partial charge in [-0.15, -0.1) is 0 Å². The first-order chi connectivity index (χ1) is 10.2. The van der Waals surface area contributed by atoms with E-state index in [9.17, 15) is 20.4 Å². The largest absolute Gasteiger partial charge is 0.394 e. The molecule has 1 heterocycles. The van der Waals surface area contributed by atoms with Crippen LogP contribution in [0.3, 0.4) is 0 Å². The summed E-state index contributed by atoms with van der Waals surface area (Å²) >= 11 is 0. The summed E-state index contributed by atoms with van der Waals surface area (Å²) in [5, 5.41) is 48.4. The summed E-state index contributed by atoms with van der Waals surface area (Å²) in [6.45, 7) is 0.787. The molecule has 0 radical (unpaired) electrons. The summed E-state index contributed by atoms with van der Waals surface area (Å²) in [5.74, 6) is 0. The number of aliphatic hydroxyl groups excluding tert-OH is 5. The summed E-state index contributed by atoms with van der Waals surface area (Å²) in [6, 6.07) is -1.84. The SMILES string of the molecule is C[C@@H](N)C(O)C(O)[C@@H](CN)O[C@H]1OC(CO)[C@@H](O)C(O)C1N. The second-order valence-electron chi connectivity index (χ2n) is 5.53. The predicted molar refractivity (Wildman–Crippen MR) is 75.3 cm³/mol. The molecule has 0 aromatic heterocycles. The standard InChI is InChI=1S/C12H27N3O7/c1-4(14)8(17)9(18)5(2-13)21-12-7(15)11(20)10(19)6(3-16)22-12/h4-12,16-20H,2-3,13-15H2,1H3/t4-,5-,6?,7?,8?,9?,10-,11?,12+/m1/s1. The lowest BCUT2D eigenvalue weighted by Crippen LogP contribution is -2.64. The molecule has 1 rings (SSSR count). The van der Waals surface area contributed by atoms with E-state index in [4.69, 9.17) is 31.8 Å². The van der Waals surface area contributed by atoms with E-state index in [1.165, 1.54) is 6.92 Å². The van der Waals surface area contributed by atoms with E-state index in [-0.39, 0.29) is 6.54 Å². The van der Waals surface area contributed by atoms with Crippen LogP contribution in [0.4, 0.5) is 0 Å². The Hall–Kier alpha value is -0.400. The van der Waals surface area contributed by atoms with Crippen molar-refractivity contribution in [2.75, 3.05) is 13.2 Å². The third-order valence-corrected chi connectivity index (χ3v) is 3.74. The zero-order chi connectivity index (χ0) is 17.0. The van der Waals surface area contributed by atoms with E-state index in [0.717, 1.165) is 0 Å². The first-order valence-electron chi connectivity index (χ1n) is 7.09. The van der Waals surface area contributed by atoms with Gasteiger partial charge in [0.25, 0.3) is 0 Å². The molecule has 0 aliphatic carbocycles. The van der Waals surface area contributed by atoms with E-state index in [1.54, 1.807) is 0 Å². The van der Waals surface area contributed by atoms with Crippen molar-refractivity contribution in [3.8, 4) is 0 Å². The lowest BCUT2D eigenvalue weighted by atomic mass is 9.97. The highest BCUT2D eigenvalue weighted by atomic mass is 16.7. The predicted octanol–water partition coefficient (Wildman–Crippen LogP) is -4.83. The topological polar surface area (TPSA) is 198 Å². The Morgan fingerprint density at radius 2 is 1.77 bits per heavy atom. The van der Waals surface area contributed by atoms with Crippen molar-refractivity contribution < 1.29 is 35.0 Å². The molecule has 10 heteroatoms. The Kier molecular flexibility index (Phi) is 7.55. The maximum absolute atomic E-state index is 10.0. The van der Waals surface area contributed by atoms with Gasteiger partial charge in [0, 0.05) is 12.6 Å². The van der Waals surface area contributed by atoms with Crippen LogP contribution in [0.15, 0.2) is 0 Å². The van der Waals surface area contributed by atoms with Gasteiger partial charge in [0.15, 0.2) is 6.29 Å². The van der Waals surface area contributed by atoms with E-state index in [0.29, 0.717) is 0 Å². The van der Waals surface area contributed by atoms with Gasteiger partial charge in [-0.25, -0.2) is 0 Å². The molecule has 1 saturated heterocycles. The second-order valence-corrected chi connectivity index (χ2v) is 5.53. The Morgan fingerprint density at radius 3 is 2.23 bits per heavy atom. The van der Waals surface area contributed by atoms with Crippen LogP contribution in [0, 0.1) is 0 Å². The molecule has 132 valence electrons. The molecule has 0 aromatic carbocycles. The second kappa shape index (κ2) is 8.45. The van der Waals surface area contributed by atoms with Crippen LogP contribution in [0.1, 0.15) is 6.92 Å². The summed E-state index contributed by atoms with van der Waals surface area (Å²) in [5.41, 5.74) is 16.7. The Bertz CT molecular complexity index is 334. The summed E-state index contributed by atoms with van der Waals surface area (Å²) < 4.78 is 10.7. The smallest absolute Gasteiger partial charge is 0.176 e. The van der Waals surface area contributed by atoms with Crippen LogP contribution < -0.4 is 17.2 Å². The molecule has 0 amide bonds. The van der Waals surface area contributed by atoms with Crippen molar-refractivity contribution in [1.82, 2.24) is 0 Å². The van der Waals surface area contributed by atoms with Crippen LogP contribution in [-0.2, 0) is 9.47 Å². The normalized spacial score (nSPS) is 38.3. The van der Waals surface area contributed by atoms with Crippen molar-refractivity contribution in [2.45, 2.75) is 61.9 Å². The highest BCUT2D eigenvalue weighted by Gasteiger charge is 2.44. The number of rotatable bonds is 7. The number of aliphatic hydroxyl groups is 5. The molecule has 0 bridgehead atoms. The quantitative estimate of drug-likeness (QED) is 0.224. The monoisotopic (exact) mass is 325 g/mol. The fourth-order valence-corrected chi connectivity index (χ4v) is 2.20. The minimum absolute atomic E-state index is 0.167. The molecule has 10 nitrogen and oxygen atoms in total. The number of nitrogens with two attached hydrogens (primary N) is 3. The maximum Gasteiger partial charge on any atom is 0.176 e. The van der Waals surface area contributed by atoms with Crippen LogP contribution in [0.2, 0.25) is 0 Å². The lowest BCUT2D eigenvalue weighted by molar-refractivity contribution is -0.287. The molecular weight excluding hydrogens is 298 g/mol. The van der Waals surface area contributed by atoms with Crippen molar-refractivity contribution in [3.63, 3.8) is 0 Å². The Balaban J connectivity index is 2.76. The van der Waals surface area contributed by atoms with Gasteiger partial charge in [-0.2, -0.15) is 0 Å². The van der Waals surface area contributed by atoms with Crippen LogP contribution in [-0.4, -0.2) is 93.7 Å². The molecule has 5 unspecified atom stereocenters. The molecule has 0 spiro atoms. The van der Waals surface area contributed by atoms with Crippen molar-refractivity contribution in [1.29, 1.82) is 0 Å². The van der Waals surface area contributed by atoms with Gasteiger partial charge in [0.2, 0.25) is 0 Å². The molecule has 0 aromatic rings. The first kappa shape index (κ1) is 19.6. The molecule has 11 N–H and O–H groups in total. The van der Waals surface area contributed by atoms with Gasteiger partial charge in [-0.05, 0) is 6.92 Å². The molecule has 0 saturated carbocycles. The van der Waals surface area contributed by atoms with Crippen molar-refractivity contribution in [2.24, 2.45) is 17.2 Å². The van der Waals surface area contributed by atoms with Gasteiger partial charge in [0.05, 0.1) is 18.8 Å². The lowest BCUT2D eigenvalue weighted by Gasteiger charge is -2.42. The van der Waals surface area contributed by atoms with Crippen LogP contribution >= 0.6 is 0 Å². The maximum atomic E-state index is 10.0. The van der Waals surface area contributed by atoms with Crippen LogP contribution in [0.25, 0.3) is 0 Å². The minimum atomic E-state index is -1.39. The minimum Gasteiger partial charge on any atom is -0.394 e. The average Bonchev–Trinajstić information content (AvgIpc) is 2.50. The first-order valence-corrected chi connectivity index (χ1v) is 7.09. The highest BCUT2D eigenvalue weighted by molar-refractivity contribution is 4.92. The van der Waals surface area contributed by atoms with Gasteiger partial charge in [-0.3, -0.25) is 0 Å².